The van der Waals surface area contributed by atoms with Crippen molar-refractivity contribution in [2.24, 2.45) is 5.73 Å². The third kappa shape index (κ3) is 3.20. The fraction of sp³-hybridized carbons (Fsp3) is 1.00. The van der Waals surface area contributed by atoms with Crippen LogP contribution < -0.4 is 5.73 Å². The Balaban J connectivity index is 2.76. The van der Waals surface area contributed by atoms with E-state index in [1.165, 1.54) is 0 Å². The first kappa shape index (κ1) is 14.0. The minimum Gasteiger partial charge on any atom is -0.394 e. The summed E-state index contributed by atoms with van der Waals surface area (Å²) in [6.07, 6.45) is -7.25. The molecule has 9 nitrogen and oxygen atoms in total. The highest BCUT2D eigenvalue weighted by molar-refractivity contribution is 7.46. The van der Waals surface area contributed by atoms with Crippen LogP contribution in [0.15, 0.2) is 0 Å². The number of hydrogen-bond acceptors (Lipinski definition) is 7. The van der Waals surface area contributed by atoms with Crippen LogP contribution in [0.3, 0.4) is 0 Å². The Morgan fingerprint density at radius 1 is 1.31 bits per heavy atom. The van der Waals surface area contributed by atoms with Crippen molar-refractivity contribution >= 4 is 7.82 Å². The SMILES string of the molecule is N[C@H]1O[C@H](CO)[C@@H](O)[C@H](O)[C@H]1OP(=O)(O)O. The van der Waals surface area contributed by atoms with Crippen LogP contribution in [0.25, 0.3) is 0 Å². The Hall–Kier alpha value is -0.0900. The summed E-state index contributed by atoms with van der Waals surface area (Å²) in [6, 6.07) is 0. The molecule has 16 heavy (non-hydrogen) atoms. The molecule has 7 N–H and O–H groups in total. The molecule has 5 atom stereocenters. The molecule has 0 aromatic rings. The van der Waals surface area contributed by atoms with Crippen LogP contribution in [0.5, 0.6) is 0 Å². The van der Waals surface area contributed by atoms with Crippen LogP contribution in [0.2, 0.25) is 0 Å². The van der Waals surface area contributed by atoms with E-state index >= 15 is 0 Å². The molecule has 0 aromatic heterocycles. The Morgan fingerprint density at radius 2 is 1.88 bits per heavy atom. The summed E-state index contributed by atoms with van der Waals surface area (Å²) in [5.41, 5.74) is 5.33. The zero-order valence-electron chi connectivity index (χ0n) is 8.08. The average Bonchev–Trinajstić information content (AvgIpc) is 2.17. The van der Waals surface area contributed by atoms with Gasteiger partial charge >= 0.3 is 7.82 Å². The van der Waals surface area contributed by atoms with Crippen molar-refractivity contribution in [3.05, 3.63) is 0 Å². The third-order valence-corrected chi connectivity index (χ3v) is 2.68. The lowest BCUT2D eigenvalue weighted by Crippen LogP contribution is -2.61. The molecular formula is C6H14NO8P. The quantitative estimate of drug-likeness (QED) is 0.287. The lowest BCUT2D eigenvalue weighted by molar-refractivity contribution is -0.223. The normalized spacial score (nSPS) is 41.0. The van der Waals surface area contributed by atoms with E-state index in [0.717, 1.165) is 0 Å². The van der Waals surface area contributed by atoms with Gasteiger partial charge in [0.15, 0.2) is 0 Å². The predicted molar refractivity (Wildman–Crippen MR) is 48.9 cm³/mol. The van der Waals surface area contributed by atoms with Gasteiger partial charge < -0.3 is 35.6 Å². The largest absolute Gasteiger partial charge is 0.470 e. The number of aliphatic hydroxyl groups is 3. The molecule has 0 spiro atoms. The first-order valence-electron chi connectivity index (χ1n) is 4.38. The maximum absolute atomic E-state index is 10.6. The van der Waals surface area contributed by atoms with Gasteiger partial charge in [0.25, 0.3) is 0 Å². The molecule has 1 aliphatic heterocycles. The van der Waals surface area contributed by atoms with Crippen molar-refractivity contribution in [3.8, 4) is 0 Å². The highest BCUT2D eigenvalue weighted by atomic mass is 31.2. The standard InChI is InChI=1S/C6H14NO8P/c7-6-5(15-16(11,12)13)4(10)3(9)2(1-8)14-6/h2-6,8-10H,1,7H2,(H2,11,12,13)/t2-,3-,4+,5-,6+/m1/s1. The predicted octanol–water partition coefficient (Wildman–Crippen LogP) is -3.14. The molecule has 1 saturated heterocycles. The Kier molecular flexibility index (Phi) is 4.41. The van der Waals surface area contributed by atoms with Crippen molar-refractivity contribution in [1.82, 2.24) is 0 Å². The van der Waals surface area contributed by atoms with E-state index in [2.05, 4.69) is 4.52 Å². The molecule has 0 radical (unpaired) electrons. The van der Waals surface area contributed by atoms with Crippen molar-refractivity contribution in [2.45, 2.75) is 30.6 Å². The zero-order valence-corrected chi connectivity index (χ0v) is 8.97. The summed E-state index contributed by atoms with van der Waals surface area (Å²) < 4.78 is 19.6. The number of phosphoric acid groups is 1. The number of phosphoric ester groups is 1. The number of nitrogens with two attached hydrogens (primary N) is 1. The van der Waals surface area contributed by atoms with Gasteiger partial charge in [-0.1, -0.05) is 0 Å². The van der Waals surface area contributed by atoms with Gasteiger partial charge in [0, 0.05) is 0 Å². The van der Waals surface area contributed by atoms with Crippen molar-refractivity contribution in [3.63, 3.8) is 0 Å². The second-order valence-electron chi connectivity index (χ2n) is 3.36. The van der Waals surface area contributed by atoms with Gasteiger partial charge in [-0.2, -0.15) is 0 Å². The Morgan fingerprint density at radius 3 is 2.31 bits per heavy atom. The van der Waals surface area contributed by atoms with Gasteiger partial charge in [0.2, 0.25) is 0 Å². The average molecular weight is 259 g/mol. The van der Waals surface area contributed by atoms with Gasteiger partial charge in [-0.3, -0.25) is 4.52 Å². The number of rotatable bonds is 3. The molecular weight excluding hydrogens is 245 g/mol. The van der Waals surface area contributed by atoms with Crippen molar-refractivity contribution in [1.29, 1.82) is 0 Å². The number of aliphatic hydroxyl groups excluding tert-OH is 3. The van der Waals surface area contributed by atoms with E-state index in [-0.39, 0.29) is 0 Å². The summed E-state index contributed by atoms with van der Waals surface area (Å²) in [7, 11) is -4.86. The second kappa shape index (κ2) is 5.05. The van der Waals surface area contributed by atoms with Gasteiger partial charge in [-0.25, -0.2) is 4.57 Å². The molecule has 1 fully saturated rings. The summed E-state index contributed by atoms with van der Waals surface area (Å²) in [6.45, 7) is -0.589. The highest BCUT2D eigenvalue weighted by Gasteiger charge is 2.46. The minimum atomic E-state index is -4.86. The van der Waals surface area contributed by atoms with Crippen LogP contribution in [0, 0.1) is 0 Å². The maximum Gasteiger partial charge on any atom is 0.470 e. The molecule has 1 rings (SSSR count). The van der Waals surface area contributed by atoms with Gasteiger partial charge in [0.1, 0.15) is 30.6 Å². The van der Waals surface area contributed by atoms with E-state index in [9.17, 15) is 14.8 Å². The molecule has 1 aliphatic rings. The third-order valence-electron chi connectivity index (χ3n) is 2.16. The minimum absolute atomic E-state index is 0.589. The summed E-state index contributed by atoms with van der Waals surface area (Å²) in [5.74, 6) is 0. The van der Waals surface area contributed by atoms with Gasteiger partial charge in [-0.05, 0) is 0 Å². The van der Waals surface area contributed by atoms with E-state index in [0.29, 0.717) is 0 Å². The molecule has 0 saturated carbocycles. The fourth-order valence-electron chi connectivity index (χ4n) is 1.40. The lowest BCUT2D eigenvalue weighted by Gasteiger charge is -2.40. The Labute approximate surface area is 90.6 Å². The summed E-state index contributed by atoms with van der Waals surface area (Å²) in [5, 5.41) is 27.7. The van der Waals surface area contributed by atoms with Crippen LogP contribution >= 0.6 is 7.82 Å². The van der Waals surface area contributed by atoms with Crippen LogP contribution in [0.1, 0.15) is 0 Å². The van der Waals surface area contributed by atoms with Crippen LogP contribution in [-0.4, -0.2) is 62.4 Å². The van der Waals surface area contributed by atoms with Crippen molar-refractivity contribution in [2.75, 3.05) is 6.61 Å². The lowest BCUT2D eigenvalue weighted by atomic mass is 9.99. The fourth-order valence-corrected chi connectivity index (χ4v) is 1.96. The zero-order chi connectivity index (χ0) is 12.5. The summed E-state index contributed by atoms with van der Waals surface area (Å²) >= 11 is 0. The molecule has 0 bridgehead atoms. The first-order valence-corrected chi connectivity index (χ1v) is 5.91. The van der Waals surface area contributed by atoms with Crippen LogP contribution in [0.4, 0.5) is 0 Å². The highest BCUT2D eigenvalue weighted by Crippen LogP contribution is 2.40. The topological polar surface area (TPSA) is 163 Å². The molecule has 0 aromatic carbocycles. The number of hydrogen-bond donors (Lipinski definition) is 6. The summed E-state index contributed by atoms with van der Waals surface area (Å²) in [4.78, 5) is 17.1. The first-order chi connectivity index (χ1) is 7.26. The van der Waals surface area contributed by atoms with E-state index < -0.39 is 45.1 Å². The van der Waals surface area contributed by atoms with Crippen molar-refractivity contribution < 1.29 is 38.9 Å². The van der Waals surface area contributed by atoms with Gasteiger partial charge in [0.05, 0.1) is 6.61 Å². The van der Waals surface area contributed by atoms with Crippen LogP contribution in [-0.2, 0) is 13.8 Å². The molecule has 96 valence electrons. The van der Waals surface area contributed by atoms with E-state index in [1.807, 2.05) is 0 Å². The molecule has 0 aliphatic carbocycles. The molecule has 0 unspecified atom stereocenters. The second-order valence-corrected chi connectivity index (χ2v) is 4.56. The van der Waals surface area contributed by atoms with E-state index in [1.54, 1.807) is 0 Å². The molecule has 1 heterocycles. The van der Waals surface area contributed by atoms with E-state index in [4.69, 9.17) is 25.4 Å². The maximum atomic E-state index is 10.6. The Bertz CT molecular complexity index is 282. The molecule has 10 heteroatoms. The molecule has 0 amide bonds. The van der Waals surface area contributed by atoms with Gasteiger partial charge in [-0.15, -0.1) is 0 Å². The monoisotopic (exact) mass is 259 g/mol. The smallest absolute Gasteiger partial charge is 0.394 e. The number of ether oxygens (including phenoxy) is 1.